The molecule has 0 rings (SSSR count). The summed E-state index contributed by atoms with van der Waals surface area (Å²) in [5, 5.41) is 57.4. The molecule has 0 bridgehead atoms. The van der Waals surface area contributed by atoms with E-state index in [9.17, 15) is 9.59 Å². The first kappa shape index (κ1) is 28.5. The van der Waals surface area contributed by atoms with E-state index in [0.717, 1.165) is 0 Å². The van der Waals surface area contributed by atoms with Gasteiger partial charge < -0.3 is 46.2 Å². The van der Waals surface area contributed by atoms with Gasteiger partial charge in [-0.25, -0.2) is 0 Å². The molecule has 0 fully saturated rings. The molecule has 0 aliphatic heterocycles. The Bertz CT molecular complexity index is 323. The maximum Gasteiger partial charge on any atom is 0.320 e. The van der Waals surface area contributed by atoms with Crippen LogP contribution < -0.4 is 5.73 Å². The van der Waals surface area contributed by atoms with Crippen LogP contribution >= 0.6 is 0 Å². The summed E-state index contributed by atoms with van der Waals surface area (Å²) in [7, 11) is 0. The zero-order valence-electron chi connectivity index (χ0n) is 14.5. The minimum Gasteiger partial charge on any atom is -0.481 e. The number of carboxylic acid groups (broad SMARTS) is 2. The van der Waals surface area contributed by atoms with Crippen molar-refractivity contribution in [2.75, 3.05) is 26.4 Å². The second-order valence-electron chi connectivity index (χ2n) is 5.07. The molecule has 0 aromatic carbocycles. The van der Waals surface area contributed by atoms with Gasteiger partial charge in [0.05, 0.1) is 38.6 Å². The number of aliphatic carboxylic acids is 2. The van der Waals surface area contributed by atoms with Gasteiger partial charge >= 0.3 is 11.9 Å². The fourth-order valence-electron chi connectivity index (χ4n) is 0.816. The van der Waals surface area contributed by atoms with Crippen molar-refractivity contribution in [3.8, 4) is 0 Å². The second-order valence-corrected chi connectivity index (χ2v) is 5.07. The summed E-state index contributed by atoms with van der Waals surface area (Å²) in [4.78, 5) is 19.9. The third-order valence-electron chi connectivity index (χ3n) is 2.29. The van der Waals surface area contributed by atoms with E-state index in [1.165, 1.54) is 0 Å². The molecule has 11 nitrogen and oxygen atoms in total. The van der Waals surface area contributed by atoms with Gasteiger partial charge in [-0.3, -0.25) is 9.59 Å². The third kappa shape index (κ3) is 27.8. The van der Waals surface area contributed by atoms with Crippen LogP contribution in [0.15, 0.2) is 0 Å². The Morgan fingerprint density at radius 3 is 1.72 bits per heavy atom. The standard InChI is InChI=1S/C6H14O3.C5H9NO4.C3H8O3/c1-5(8)4-9-6(2)3-7;6-3(5(9)10)1-2-4(7)8;4-1-3(6)2-5/h5-8H,3-4H2,1-2H3;3H,1-2,6H2,(H,7,8)(H,9,10);3-6H,1-2H2. The van der Waals surface area contributed by atoms with E-state index in [4.69, 9.17) is 46.2 Å². The van der Waals surface area contributed by atoms with Crippen LogP contribution in [0.2, 0.25) is 0 Å². The number of nitrogens with two attached hydrogens (primary N) is 1. The summed E-state index contributed by atoms with van der Waals surface area (Å²) >= 11 is 0. The molecule has 0 aliphatic rings. The molecule has 0 amide bonds. The zero-order valence-corrected chi connectivity index (χ0v) is 14.5. The molecule has 0 saturated heterocycles. The quantitative estimate of drug-likeness (QED) is 0.198. The average molecular weight is 373 g/mol. The van der Waals surface area contributed by atoms with Gasteiger partial charge in [0, 0.05) is 6.42 Å². The lowest BCUT2D eigenvalue weighted by atomic mass is 10.2. The molecule has 3 atom stereocenters. The molecule has 0 aliphatic carbocycles. The first-order chi connectivity index (χ1) is 11.5. The predicted molar refractivity (Wildman–Crippen MR) is 86.8 cm³/mol. The third-order valence-corrected chi connectivity index (χ3v) is 2.29. The van der Waals surface area contributed by atoms with E-state index in [0.29, 0.717) is 6.61 Å². The molecule has 0 heterocycles. The van der Waals surface area contributed by atoms with Gasteiger partial charge in [-0.05, 0) is 20.3 Å². The SMILES string of the molecule is CC(O)COC(C)CO.NC(CCC(=O)O)C(=O)O.OCC(O)CO. The van der Waals surface area contributed by atoms with E-state index in [-0.39, 0.29) is 38.8 Å². The van der Waals surface area contributed by atoms with Crippen molar-refractivity contribution in [1.29, 1.82) is 0 Å². The number of rotatable bonds is 10. The molecule has 0 aromatic rings. The molecular formula is C14H31NO10. The van der Waals surface area contributed by atoms with Crippen LogP contribution in [0.4, 0.5) is 0 Å². The van der Waals surface area contributed by atoms with Gasteiger partial charge in [0.2, 0.25) is 0 Å². The molecule has 25 heavy (non-hydrogen) atoms. The van der Waals surface area contributed by atoms with Gasteiger partial charge in [-0.1, -0.05) is 0 Å². The van der Waals surface area contributed by atoms with Crippen LogP contribution in [0.5, 0.6) is 0 Å². The van der Waals surface area contributed by atoms with Gasteiger partial charge in [0.25, 0.3) is 0 Å². The van der Waals surface area contributed by atoms with E-state index in [2.05, 4.69) is 0 Å². The lowest BCUT2D eigenvalue weighted by Gasteiger charge is -2.10. The summed E-state index contributed by atoms with van der Waals surface area (Å²) in [6.07, 6.45) is -1.79. The van der Waals surface area contributed by atoms with Crippen LogP contribution in [0.25, 0.3) is 0 Å². The topological polar surface area (TPSA) is 211 Å². The summed E-state index contributed by atoms with van der Waals surface area (Å²) in [5.41, 5.74) is 5.00. The van der Waals surface area contributed by atoms with Gasteiger partial charge in [0.15, 0.2) is 0 Å². The largest absolute Gasteiger partial charge is 0.481 e. The highest BCUT2D eigenvalue weighted by Crippen LogP contribution is 1.93. The Morgan fingerprint density at radius 2 is 1.48 bits per heavy atom. The first-order valence-electron chi connectivity index (χ1n) is 7.52. The lowest BCUT2D eigenvalue weighted by molar-refractivity contribution is -0.139. The van der Waals surface area contributed by atoms with Crippen molar-refractivity contribution < 1.29 is 50.1 Å². The van der Waals surface area contributed by atoms with Gasteiger partial charge in [-0.15, -0.1) is 0 Å². The van der Waals surface area contributed by atoms with Crippen molar-refractivity contribution in [2.45, 2.75) is 51.0 Å². The number of aliphatic hydroxyl groups is 5. The van der Waals surface area contributed by atoms with Crippen molar-refractivity contribution in [2.24, 2.45) is 5.73 Å². The van der Waals surface area contributed by atoms with Crippen molar-refractivity contribution in [1.82, 2.24) is 0 Å². The summed E-state index contributed by atoms with van der Waals surface area (Å²) in [6, 6.07) is -1.06. The monoisotopic (exact) mass is 373 g/mol. The highest BCUT2D eigenvalue weighted by atomic mass is 16.5. The van der Waals surface area contributed by atoms with E-state index < -0.39 is 30.2 Å². The fraction of sp³-hybridized carbons (Fsp3) is 0.857. The Kier molecular flexibility index (Phi) is 21.6. The number of aliphatic hydroxyl groups excluding tert-OH is 5. The summed E-state index contributed by atoms with van der Waals surface area (Å²) < 4.78 is 4.95. The van der Waals surface area contributed by atoms with Crippen LogP contribution in [-0.2, 0) is 14.3 Å². The smallest absolute Gasteiger partial charge is 0.320 e. The molecule has 0 spiro atoms. The molecule has 0 radical (unpaired) electrons. The van der Waals surface area contributed by atoms with E-state index in [1.54, 1.807) is 13.8 Å². The normalized spacial score (nSPS) is 13.6. The Labute approximate surface area is 146 Å². The lowest BCUT2D eigenvalue weighted by Crippen LogP contribution is -2.30. The second kappa shape index (κ2) is 19.0. The summed E-state index contributed by atoms with van der Waals surface area (Å²) in [6.45, 7) is 2.97. The molecule has 0 saturated carbocycles. The number of carboxylic acids is 2. The zero-order chi connectivity index (χ0) is 20.4. The average Bonchev–Trinajstić information content (AvgIpc) is 2.57. The number of hydrogen-bond donors (Lipinski definition) is 8. The minimum atomic E-state index is -1.17. The van der Waals surface area contributed by atoms with Crippen molar-refractivity contribution in [3.63, 3.8) is 0 Å². The number of hydrogen-bond acceptors (Lipinski definition) is 9. The Morgan fingerprint density at radius 1 is 1.00 bits per heavy atom. The van der Waals surface area contributed by atoms with E-state index >= 15 is 0 Å². The summed E-state index contributed by atoms with van der Waals surface area (Å²) in [5.74, 6) is -2.20. The van der Waals surface area contributed by atoms with Crippen LogP contribution in [-0.4, -0.2) is 98.5 Å². The fourth-order valence-corrected chi connectivity index (χ4v) is 0.816. The number of ether oxygens (including phenoxy) is 1. The molecule has 9 N–H and O–H groups in total. The van der Waals surface area contributed by atoms with Gasteiger partial charge in [0.1, 0.15) is 12.1 Å². The first-order valence-corrected chi connectivity index (χ1v) is 7.52. The van der Waals surface area contributed by atoms with Crippen LogP contribution in [0, 0.1) is 0 Å². The highest BCUT2D eigenvalue weighted by Gasteiger charge is 2.12. The van der Waals surface area contributed by atoms with Crippen molar-refractivity contribution >= 4 is 11.9 Å². The molecule has 0 aromatic heterocycles. The Balaban J connectivity index is -0.000000300. The maximum absolute atomic E-state index is 9.99. The predicted octanol–water partition coefficient (Wildman–Crippen LogP) is -2.64. The van der Waals surface area contributed by atoms with Crippen LogP contribution in [0.1, 0.15) is 26.7 Å². The minimum absolute atomic E-state index is 0.00667. The van der Waals surface area contributed by atoms with Crippen molar-refractivity contribution in [3.05, 3.63) is 0 Å². The molecule has 3 unspecified atom stereocenters. The van der Waals surface area contributed by atoms with Crippen LogP contribution in [0.3, 0.4) is 0 Å². The Hall–Kier alpha value is -1.34. The van der Waals surface area contributed by atoms with Gasteiger partial charge in [-0.2, -0.15) is 0 Å². The maximum atomic E-state index is 9.99. The highest BCUT2D eigenvalue weighted by molar-refractivity contribution is 5.74. The molecular weight excluding hydrogens is 342 g/mol. The number of carbonyl (C=O) groups is 2. The molecule has 152 valence electrons. The molecule has 11 heteroatoms. The van der Waals surface area contributed by atoms with E-state index in [1.807, 2.05) is 0 Å².